The Morgan fingerprint density at radius 1 is 1.47 bits per heavy atom. The van der Waals surface area contributed by atoms with Crippen LogP contribution in [-0.2, 0) is 6.54 Å². The molecule has 1 heterocycles. The van der Waals surface area contributed by atoms with Crippen molar-refractivity contribution in [2.45, 2.75) is 33.7 Å². The minimum Gasteiger partial charge on any atom is -0.330 e. The molecular formula is C13H23ClN2S. The Morgan fingerprint density at radius 2 is 2.18 bits per heavy atom. The van der Waals surface area contributed by atoms with Crippen LogP contribution in [0.2, 0.25) is 5.02 Å². The van der Waals surface area contributed by atoms with Gasteiger partial charge in [-0.3, -0.25) is 4.90 Å². The maximum absolute atomic E-state index is 5.95. The van der Waals surface area contributed by atoms with Gasteiger partial charge in [-0.15, -0.1) is 11.3 Å². The summed E-state index contributed by atoms with van der Waals surface area (Å²) in [5.74, 6) is 0. The highest BCUT2D eigenvalue weighted by Gasteiger charge is 2.20. The number of hydrogen-bond acceptors (Lipinski definition) is 3. The molecule has 4 heteroatoms. The van der Waals surface area contributed by atoms with Crippen molar-refractivity contribution in [3.05, 3.63) is 21.3 Å². The van der Waals surface area contributed by atoms with Crippen LogP contribution in [0.3, 0.4) is 0 Å². The summed E-state index contributed by atoms with van der Waals surface area (Å²) in [5.41, 5.74) is 5.98. The van der Waals surface area contributed by atoms with Crippen molar-refractivity contribution in [1.82, 2.24) is 4.90 Å². The summed E-state index contributed by atoms with van der Waals surface area (Å²) in [4.78, 5) is 3.80. The molecule has 0 aliphatic carbocycles. The van der Waals surface area contributed by atoms with Gasteiger partial charge in [0.2, 0.25) is 0 Å². The molecule has 0 aromatic carbocycles. The van der Waals surface area contributed by atoms with Gasteiger partial charge in [-0.25, -0.2) is 0 Å². The van der Waals surface area contributed by atoms with Crippen LogP contribution >= 0.6 is 22.9 Å². The monoisotopic (exact) mass is 274 g/mol. The Morgan fingerprint density at radius 3 is 2.65 bits per heavy atom. The van der Waals surface area contributed by atoms with Crippen molar-refractivity contribution in [2.24, 2.45) is 11.1 Å². The summed E-state index contributed by atoms with van der Waals surface area (Å²) in [6.07, 6.45) is 1.17. The third kappa shape index (κ3) is 5.38. The molecule has 0 unspecified atom stereocenters. The molecule has 0 saturated carbocycles. The molecule has 0 aliphatic rings. The van der Waals surface area contributed by atoms with E-state index in [0.29, 0.717) is 0 Å². The van der Waals surface area contributed by atoms with Gasteiger partial charge in [0, 0.05) is 23.3 Å². The molecule has 0 spiro atoms. The van der Waals surface area contributed by atoms with Crippen molar-refractivity contribution in [3.8, 4) is 0 Å². The number of halogens is 1. The molecular weight excluding hydrogens is 252 g/mol. The SMILES string of the molecule is CCCN(Cc1cc(Cl)cs1)CC(C)(C)CN. The van der Waals surface area contributed by atoms with Crippen molar-refractivity contribution in [1.29, 1.82) is 0 Å². The van der Waals surface area contributed by atoms with Gasteiger partial charge in [-0.1, -0.05) is 32.4 Å². The summed E-state index contributed by atoms with van der Waals surface area (Å²) >= 11 is 7.69. The Balaban J connectivity index is 2.60. The van der Waals surface area contributed by atoms with Crippen LogP contribution in [0.4, 0.5) is 0 Å². The number of nitrogens with zero attached hydrogens (tertiary/aromatic N) is 1. The van der Waals surface area contributed by atoms with E-state index in [4.69, 9.17) is 17.3 Å². The molecule has 0 atom stereocenters. The fraction of sp³-hybridized carbons (Fsp3) is 0.692. The predicted octanol–water partition coefficient (Wildman–Crippen LogP) is 3.60. The number of rotatable bonds is 7. The van der Waals surface area contributed by atoms with E-state index in [1.165, 1.54) is 11.3 Å². The minimum atomic E-state index is 0.177. The highest BCUT2D eigenvalue weighted by atomic mass is 35.5. The molecule has 0 saturated heterocycles. The number of hydrogen-bond donors (Lipinski definition) is 1. The first-order valence-corrected chi connectivity index (χ1v) is 7.38. The van der Waals surface area contributed by atoms with Gasteiger partial charge in [0.15, 0.2) is 0 Å². The Labute approximate surface area is 114 Å². The van der Waals surface area contributed by atoms with Crippen LogP contribution in [0.1, 0.15) is 32.1 Å². The van der Waals surface area contributed by atoms with Gasteiger partial charge < -0.3 is 5.73 Å². The molecule has 98 valence electrons. The second-order valence-electron chi connectivity index (χ2n) is 5.31. The number of thiophene rings is 1. The molecule has 17 heavy (non-hydrogen) atoms. The van der Waals surface area contributed by atoms with Crippen molar-refractivity contribution in [3.63, 3.8) is 0 Å². The second kappa shape index (κ2) is 6.74. The van der Waals surface area contributed by atoms with E-state index in [1.807, 2.05) is 5.38 Å². The summed E-state index contributed by atoms with van der Waals surface area (Å²) < 4.78 is 0. The normalized spacial score (nSPS) is 12.4. The van der Waals surface area contributed by atoms with Crippen LogP contribution in [0.25, 0.3) is 0 Å². The molecule has 0 fully saturated rings. The Kier molecular flexibility index (Phi) is 5.93. The van der Waals surface area contributed by atoms with Gasteiger partial charge in [-0.05, 0) is 31.0 Å². The summed E-state index contributed by atoms with van der Waals surface area (Å²) in [6, 6.07) is 2.06. The zero-order valence-electron chi connectivity index (χ0n) is 11.0. The summed E-state index contributed by atoms with van der Waals surface area (Å²) in [7, 11) is 0. The largest absolute Gasteiger partial charge is 0.330 e. The van der Waals surface area contributed by atoms with E-state index in [2.05, 4.69) is 31.7 Å². The van der Waals surface area contributed by atoms with Crippen molar-refractivity contribution >= 4 is 22.9 Å². The first-order chi connectivity index (χ1) is 7.96. The first kappa shape index (κ1) is 15.0. The van der Waals surface area contributed by atoms with Crippen molar-refractivity contribution in [2.75, 3.05) is 19.6 Å². The van der Waals surface area contributed by atoms with E-state index >= 15 is 0 Å². The Bertz CT molecular complexity index is 336. The van der Waals surface area contributed by atoms with Gasteiger partial charge in [0.25, 0.3) is 0 Å². The lowest BCUT2D eigenvalue weighted by Gasteiger charge is -2.31. The minimum absolute atomic E-state index is 0.177. The smallest absolute Gasteiger partial charge is 0.0516 e. The maximum Gasteiger partial charge on any atom is 0.0516 e. The average Bonchev–Trinajstić information content (AvgIpc) is 2.64. The van der Waals surface area contributed by atoms with Crippen LogP contribution < -0.4 is 5.73 Å². The molecule has 1 aromatic heterocycles. The van der Waals surface area contributed by atoms with Gasteiger partial charge in [-0.2, -0.15) is 0 Å². The molecule has 0 aliphatic heterocycles. The lowest BCUT2D eigenvalue weighted by atomic mass is 9.93. The van der Waals surface area contributed by atoms with E-state index < -0.39 is 0 Å². The quantitative estimate of drug-likeness (QED) is 0.823. The predicted molar refractivity (Wildman–Crippen MR) is 77.7 cm³/mol. The fourth-order valence-corrected chi connectivity index (χ4v) is 2.97. The first-order valence-electron chi connectivity index (χ1n) is 6.12. The lowest BCUT2D eigenvalue weighted by Crippen LogP contribution is -2.38. The molecule has 2 nitrogen and oxygen atoms in total. The van der Waals surface area contributed by atoms with Gasteiger partial charge in [0.05, 0.1) is 5.02 Å². The molecule has 1 aromatic rings. The fourth-order valence-electron chi connectivity index (χ4n) is 1.86. The summed E-state index contributed by atoms with van der Waals surface area (Å²) in [5, 5.41) is 2.84. The van der Waals surface area contributed by atoms with E-state index in [9.17, 15) is 0 Å². The number of nitrogens with two attached hydrogens (primary N) is 1. The van der Waals surface area contributed by atoms with E-state index in [-0.39, 0.29) is 5.41 Å². The Hall–Kier alpha value is -0.0900. The topological polar surface area (TPSA) is 29.3 Å². The van der Waals surface area contributed by atoms with Crippen LogP contribution in [-0.4, -0.2) is 24.5 Å². The zero-order valence-corrected chi connectivity index (χ0v) is 12.6. The standard InChI is InChI=1S/C13H23ClN2S/c1-4-5-16(10-13(2,3)9-15)7-12-6-11(14)8-17-12/h6,8H,4-5,7,9-10,15H2,1-3H3. The zero-order chi connectivity index (χ0) is 12.9. The molecule has 0 bridgehead atoms. The van der Waals surface area contributed by atoms with E-state index in [1.54, 1.807) is 11.3 Å². The molecule has 1 rings (SSSR count). The van der Waals surface area contributed by atoms with Crippen LogP contribution in [0, 0.1) is 5.41 Å². The molecule has 0 radical (unpaired) electrons. The van der Waals surface area contributed by atoms with E-state index in [0.717, 1.165) is 31.2 Å². The highest BCUT2D eigenvalue weighted by molar-refractivity contribution is 7.10. The van der Waals surface area contributed by atoms with Gasteiger partial charge >= 0.3 is 0 Å². The highest BCUT2D eigenvalue weighted by Crippen LogP contribution is 2.23. The third-order valence-corrected chi connectivity index (χ3v) is 4.01. The molecule has 2 N–H and O–H groups in total. The maximum atomic E-state index is 5.95. The second-order valence-corrected chi connectivity index (χ2v) is 6.74. The van der Waals surface area contributed by atoms with Gasteiger partial charge in [0.1, 0.15) is 0 Å². The van der Waals surface area contributed by atoms with Crippen LogP contribution in [0.5, 0.6) is 0 Å². The third-order valence-electron chi connectivity index (χ3n) is 2.75. The average molecular weight is 275 g/mol. The van der Waals surface area contributed by atoms with Crippen LogP contribution in [0.15, 0.2) is 11.4 Å². The molecule has 0 amide bonds. The summed E-state index contributed by atoms with van der Waals surface area (Å²) in [6.45, 7) is 10.5. The van der Waals surface area contributed by atoms with Crippen molar-refractivity contribution < 1.29 is 0 Å². The lowest BCUT2D eigenvalue weighted by molar-refractivity contribution is 0.177.